The van der Waals surface area contributed by atoms with Gasteiger partial charge in [-0.25, -0.2) is 0 Å². The summed E-state index contributed by atoms with van der Waals surface area (Å²) >= 11 is 0. The van der Waals surface area contributed by atoms with Crippen molar-refractivity contribution in [1.82, 2.24) is 10.6 Å². The summed E-state index contributed by atoms with van der Waals surface area (Å²) in [6.07, 6.45) is 4.65. The van der Waals surface area contributed by atoms with E-state index in [0.29, 0.717) is 6.61 Å². The second-order valence-electron chi connectivity index (χ2n) is 5.69. The second kappa shape index (κ2) is 8.41. The summed E-state index contributed by atoms with van der Waals surface area (Å²) in [7, 11) is 0. The molecule has 2 rings (SSSR count). The Balaban J connectivity index is 1.64. The van der Waals surface area contributed by atoms with Crippen LogP contribution in [-0.4, -0.2) is 30.5 Å². The highest BCUT2D eigenvalue weighted by Gasteiger charge is 2.21. The molecule has 1 aromatic carbocycles. The molecule has 1 saturated carbocycles. The lowest BCUT2D eigenvalue weighted by Crippen LogP contribution is -2.47. The molecule has 1 atom stereocenters. The normalized spacial score (nSPS) is 16.0. The van der Waals surface area contributed by atoms with E-state index in [4.69, 9.17) is 4.74 Å². The van der Waals surface area contributed by atoms with Gasteiger partial charge in [-0.1, -0.05) is 31.0 Å². The number of benzene rings is 1. The Morgan fingerprint density at radius 1 is 1.23 bits per heavy atom. The minimum Gasteiger partial charge on any atom is -0.493 e. The summed E-state index contributed by atoms with van der Waals surface area (Å²) in [6.45, 7) is 2.01. The molecular formula is C17H24N2O3. The van der Waals surface area contributed by atoms with E-state index in [2.05, 4.69) is 10.6 Å². The first kappa shape index (κ1) is 16.3. The predicted molar refractivity (Wildman–Crippen MR) is 84.6 cm³/mol. The van der Waals surface area contributed by atoms with Crippen LogP contribution in [0, 0.1) is 0 Å². The van der Waals surface area contributed by atoms with Crippen molar-refractivity contribution in [2.75, 3.05) is 6.61 Å². The van der Waals surface area contributed by atoms with Crippen LogP contribution >= 0.6 is 0 Å². The van der Waals surface area contributed by atoms with Crippen LogP contribution < -0.4 is 15.4 Å². The summed E-state index contributed by atoms with van der Waals surface area (Å²) in [4.78, 5) is 23.8. The average Bonchev–Trinajstić information content (AvgIpc) is 3.01. The number of rotatable bonds is 7. The molecule has 5 heteroatoms. The molecule has 0 spiro atoms. The van der Waals surface area contributed by atoms with Gasteiger partial charge in [0.15, 0.2) is 0 Å². The molecule has 1 aliphatic rings. The zero-order chi connectivity index (χ0) is 15.8. The van der Waals surface area contributed by atoms with Gasteiger partial charge in [-0.3, -0.25) is 9.59 Å². The van der Waals surface area contributed by atoms with Crippen molar-refractivity contribution < 1.29 is 14.3 Å². The predicted octanol–water partition coefficient (Wildman–Crippen LogP) is 2.02. The molecule has 5 nitrogen and oxygen atoms in total. The zero-order valence-corrected chi connectivity index (χ0v) is 13.0. The smallest absolute Gasteiger partial charge is 0.242 e. The second-order valence-corrected chi connectivity index (χ2v) is 5.69. The highest BCUT2D eigenvalue weighted by atomic mass is 16.5. The van der Waals surface area contributed by atoms with Crippen molar-refractivity contribution in [3.8, 4) is 5.75 Å². The quantitative estimate of drug-likeness (QED) is 0.810. The van der Waals surface area contributed by atoms with Gasteiger partial charge in [0.1, 0.15) is 11.8 Å². The van der Waals surface area contributed by atoms with Gasteiger partial charge in [0, 0.05) is 6.04 Å². The van der Waals surface area contributed by atoms with Crippen LogP contribution in [0.2, 0.25) is 0 Å². The summed E-state index contributed by atoms with van der Waals surface area (Å²) < 4.78 is 5.46. The van der Waals surface area contributed by atoms with Gasteiger partial charge in [0.05, 0.1) is 13.0 Å². The molecule has 0 saturated heterocycles. The molecular weight excluding hydrogens is 280 g/mol. The Kier molecular flexibility index (Phi) is 6.25. The number of carbonyl (C=O) groups is 2. The maximum absolute atomic E-state index is 12.0. The van der Waals surface area contributed by atoms with Crippen molar-refractivity contribution in [2.45, 2.75) is 51.1 Å². The van der Waals surface area contributed by atoms with Crippen LogP contribution in [0.4, 0.5) is 0 Å². The van der Waals surface area contributed by atoms with Gasteiger partial charge >= 0.3 is 0 Å². The number of nitrogens with one attached hydrogen (secondary N) is 2. The Morgan fingerprint density at radius 3 is 2.59 bits per heavy atom. The molecule has 1 fully saturated rings. The number of hydrogen-bond donors (Lipinski definition) is 2. The topological polar surface area (TPSA) is 67.4 Å². The Hall–Kier alpha value is -2.04. The lowest BCUT2D eigenvalue weighted by molar-refractivity contribution is -0.129. The van der Waals surface area contributed by atoms with Gasteiger partial charge in [0.25, 0.3) is 0 Å². The van der Waals surface area contributed by atoms with Crippen molar-refractivity contribution >= 4 is 11.8 Å². The van der Waals surface area contributed by atoms with Crippen molar-refractivity contribution in [1.29, 1.82) is 0 Å². The van der Waals surface area contributed by atoms with E-state index in [0.717, 1.165) is 18.6 Å². The van der Waals surface area contributed by atoms with Crippen molar-refractivity contribution in [3.63, 3.8) is 0 Å². The maximum atomic E-state index is 12.0. The third-order valence-corrected chi connectivity index (χ3v) is 3.81. The number of para-hydroxylation sites is 1. The minimum absolute atomic E-state index is 0.107. The lowest BCUT2D eigenvalue weighted by atomic mass is 10.2. The molecule has 0 radical (unpaired) electrons. The molecule has 22 heavy (non-hydrogen) atoms. The average molecular weight is 304 g/mol. The van der Waals surface area contributed by atoms with E-state index in [-0.39, 0.29) is 24.3 Å². The van der Waals surface area contributed by atoms with Crippen molar-refractivity contribution in [2.24, 2.45) is 0 Å². The molecule has 120 valence electrons. The monoisotopic (exact) mass is 304 g/mol. The van der Waals surface area contributed by atoms with E-state index in [1.165, 1.54) is 12.8 Å². The Morgan fingerprint density at radius 2 is 1.91 bits per heavy atom. The fourth-order valence-corrected chi connectivity index (χ4v) is 2.55. The maximum Gasteiger partial charge on any atom is 0.242 e. The number of hydrogen-bond acceptors (Lipinski definition) is 3. The highest BCUT2D eigenvalue weighted by Crippen LogP contribution is 2.17. The molecule has 2 N–H and O–H groups in total. The van der Waals surface area contributed by atoms with Crippen LogP contribution in [0.1, 0.15) is 39.0 Å². The molecule has 0 bridgehead atoms. The first-order chi connectivity index (χ1) is 10.6. The standard InChI is InChI=1S/C17H24N2O3/c1-13(17(21)19-14-7-5-6-8-14)18-16(20)11-12-22-15-9-3-2-4-10-15/h2-4,9-10,13-14H,5-8,11-12H2,1H3,(H,18,20)(H,19,21)/t13-/m0/s1. The largest absolute Gasteiger partial charge is 0.493 e. The first-order valence-electron chi connectivity index (χ1n) is 7.93. The van der Waals surface area contributed by atoms with Crippen LogP contribution in [0.5, 0.6) is 5.75 Å². The highest BCUT2D eigenvalue weighted by molar-refractivity contribution is 5.87. The van der Waals surface area contributed by atoms with Crippen LogP contribution in [0.3, 0.4) is 0 Å². The Bertz CT molecular complexity index is 484. The molecule has 0 unspecified atom stereocenters. The summed E-state index contributed by atoms with van der Waals surface area (Å²) in [5.74, 6) is 0.455. The fraction of sp³-hybridized carbons (Fsp3) is 0.529. The SMILES string of the molecule is C[C@H](NC(=O)CCOc1ccccc1)C(=O)NC1CCCC1. The van der Waals surface area contributed by atoms with Gasteiger partial charge in [-0.05, 0) is 31.9 Å². The van der Waals surface area contributed by atoms with E-state index in [1.54, 1.807) is 6.92 Å². The molecule has 0 heterocycles. The fourth-order valence-electron chi connectivity index (χ4n) is 2.55. The number of amides is 2. The minimum atomic E-state index is -0.509. The van der Waals surface area contributed by atoms with E-state index in [9.17, 15) is 9.59 Å². The van der Waals surface area contributed by atoms with Crippen LogP contribution in [-0.2, 0) is 9.59 Å². The van der Waals surface area contributed by atoms with Crippen LogP contribution in [0.25, 0.3) is 0 Å². The van der Waals surface area contributed by atoms with E-state index < -0.39 is 6.04 Å². The summed E-state index contributed by atoms with van der Waals surface area (Å²) in [6, 6.07) is 9.11. The van der Waals surface area contributed by atoms with Gasteiger partial charge in [-0.2, -0.15) is 0 Å². The third-order valence-electron chi connectivity index (χ3n) is 3.81. The number of ether oxygens (including phenoxy) is 1. The molecule has 0 aliphatic heterocycles. The lowest BCUT2D eigenvalue weighted by Gasteiger charge is -2.17. The van der Waals surface area contributed by atoms with Crippen LogP contribution in [0.15, 0.2) is 30.3 Å². The van der Waals surface area contributed by atoms with Gasteiger partial charge < -0.3 is 15.4 Å². The van der Waals surface area contributed by atoms with Gasteiger partial charge in [-0.15, -0.1) is 0 Å². The number of carbonyl (C=O) groups excluding carboxylic acids is 2. The Labute approximate surface area is 131 Å². The molecule has 1 aromatic rings. The molecule has 0 aromatic heterocycles. The summed E-state index contributed by atoms with van der Waals surface area (Å²) in [5.41, 5.74) is 0. The zero-order valence-electron chi connectivity index (χ0n) is 13.0. The van der Waals surface area contributed by atoms with Crippen molar-refractivity contribution in [3.05, 3.63) is 30.3 Å². The third kappa shape index (κ3) is 5.39. The molecule has 2 amide bonds. The first-order valence-corrected chi connectivity index (χ1v) is 7.93. The van der Waals surface area contributed by atoms with Gasteiger partial charge in [0.2, 0.25) is 11.8 Å². The summed E-state index contributed by atoms with van der Waals surface area (Å²) in [5, 5.41) is 5.69. The van der Waals surface area contributed by atoms with E-state index in [1.807, 2.05) is 30.3 Å². The van der Waals surface area contributed by atoms with E-state index >= 15 is 0 Å². The molecule has 1 aliphatic carbocycles.